The van der Waals surface area contributed by atoms with Crippen LogP contribution in [0.25, 0.3) is 0 Å². The van der Waals surface area contributed by atoms with Crippen LogP contribution < -0.4 is 26.6 Å². The second-order valence-corrected chi connectivity index (χ2v) is 12.5. The van der Waals surface area contributed by atoms with E-state index < -0.39 is 12.1 Å². The molecule has 2 rings (SSSR count). The summed E-state index contributed by atoms with van der Waals surface area (Å²) in [7, 11) is 0. The third kappa shape index (κ3) is 11.5. The Bertz CT molecular complexity index is 802. The lowest BCUT2D eigenvalue weighted by Gasteiger charge is -2.23. The summed E-state index contributed by atoms with van der Waals surface area (Å²) in [5.74, 6) is 0.341. The molecule has 2 heterocycles. The van der Waals surface area contributed by atoms with Crippen molar-refractivity contribution >= 4 is 57.7 Å². The molecule has 0 aromatic carbocycles. The molecule has 5 atom stereocenters. The molecule has 38 heavy (non-hydrogen) atoms. The van der Waals surface area contributed by atoms with E-state index >= 15 is 0 Å². The van der Waals surface area contributed by atoms with Gasteiger partial charge in [0.2, 0.25) is 17.7 Å². The molecular weight excluding hydrogens is 574 g/mol. The minimum absolute atomic E-state index is 0.0182. The van der Waals surface area contributed by atoms with Crippen molar-refractivity contribution in [2.75, 3.05) is 17.6 Å². The molecule has 2 fully saturated rings. The first-order valence-corrected chi connectivity index (χ1v) is 16.0. The van der Waals surface area contributed by atoms with Crippen molar-refractivity contribution in [3.05, 3.63) is 0 Å². The van der Waals surface area contributed by atoms with Crippen LogP contribution in [0.2, 0.25) is 0 Å². The summed E-state index contributed by atoms with van der Waals surface area (Å²) in [5.41, 5.74) is 0. The molecule has 0 aromatic rings. The Morgan fingerprint density at radius 3 is 2.47 bits per heavy atom. The number of thioether (sulfide) groups is 1. The van der Waals surface area contributed by atoms with Gasteiger partial charge >= 0.3 is 6.03 Å². The molecule has 5 N–H and O–H groups in total. The fourth-order valence-electron chi connectivity index (χ4n) is 4.69. The molecule has 0 bridgehead atoms. The zero-order valence-electron chi connectivity index (χ0n) is 22.6. The number of nitrogens with one attached hydrogen (secondary N) is 5. The standard InChI is InChI=1S/C26H44BrN5O5S/c1-17(2)23(31-22(35)12-5-7-13-27)25(36)29-18(15-33)9-6-8-14-28-21(34)11-4-3-10-20-24-19(16-38-20)30-26(37)32-24/h15,17-20,23-24H,3-14,16H2,1-2H3,(H,28,34)(H,29,36)(H,31,35)(H2,30,32,37)/t18-,19-,20-,23-,24-/m0/s1. The van der Waals surface area contributed by atoms with Crippen LogP contribution in [-0.4, -0.2) is 77.1 Å². The fourth-order valence-corrected chi connectivity index (χ4v) is 6.63. The van der Waals surface area contributed by atoms with Crippen LogP contribution in [0.3, 0.4) is 0 Å². The lowest BCUT2D eigenvalue weighted by Crippen LogP contribution is -2.52. The van der Waals surface area contributed by atoms with Crippen molar-refractivity contribution in [3.63, 3.8) is 0 Å². The van der Waals surface area contributed by atoms with E-state index in [-0.39, 0.29) is 41.8 Å². The summed E-state index contributed by atoms with van der Waals surface area (Å²) in [6.07, 6.45) is 7.80. The SMILES string of the molecule is CC(C)[C@H](NC(=O)CCCCBr)C(=O)N[C@H](C=O)CCCCNC(=O)CCCC[C@@H]1SC[C@@H]2NC(=O)N[C@@H]21. The van der Waals surface area contributed by atoms with E-state index in [1.54, 1.807) is 0 Å². The van der Waals surface area contributed by atoms with Gasteiger partial charge in [-0.25, -0.2) is 4.79 Å². The summed E-state index contributed by atoms with van der Waals surface area (Å²) in [6.45, 7) is 4.24. The number of carbonyl (C=O) groups is 5. The number of rotatable bonds is 19. The van der Waals surface area contributed by atoms with Crippen LogP contribution in [0.1, 0.15) is 78.1 Å². The van der Waals surface area contributed by atoms with Crippen molar-refractivity contribution in [2.24, 2.45) is 5.92 Å². The van der Waals surface area contributed by atoms with E-state index in [0.29, 0.717) is 43.9 Å². The average molecular weight is 619 g/mol. The monoisotopic (exact) mass is 617 g/mol. The zero-order chi connectivity index (χ0) is 27.9. The van der Waals surface area contributed by atoms with Gasteiger partial charge < -0.3 is 31.4 Å². The first kappa shape index (κ1) is 32.4. The smallest absolute Gasteiger partial charge is 0.315 e. The van der Waals surface area contributed by atoms with Crippen molar-refractivity contribution in [2.45, 2.75) is 107 Å². The topological polar surface area (TPSA) is 146 Å². The van der Waals surface area contributed by atoms with Gasteiger partial charge in [-0.2, -0.15) is 11.8 Å². The molecule has 0 aromatic heterocycles. The second-order valence-electron chi connectivity index (χ2n) is 10.4. The molecule has 2 aliphatic heterocycles. The fraction of sp³-hybridized carbons (Fsp3) is 0.808. The van der Waals surface area contributed by atoms with E-state index in [2.05, 4.69) is 42.5 Å². The molecule has 0 unspecified atom stereocenters. The van der Waals surface area contributed by atoms with Crippen molar-refractivity contribution in [1.29, 1.82) is 0 Å². The van der Waals surface area contributed by atoms with Gasteiger partial charge in [0.15, 0.2) is 0 Å². The Morgan fingerprint density at radius 2 is 1.76 bits per heavy atom. The van der Waals surface area contributed by atoms with Gasteiger partial charge in [-0.05, 0) is 50.9 Å². The highest BCUT2D eigenvalue weighted by Gasteiger charge is 2.42. The van der Waals surface area contributed by atoms with E-state index in [9.17, 15) is 24.0 Å². The maximum Gasteiger partial charge on any atom is 0.315 e. The second kappa shape index (κ2) is 17.7. The highest BCUT2D eigenvalue weighted by molar-refractivity contribution is 9.09. The van der Waals surface area contributed by atoms with Gasteiger partial charge in [0.05, 0.1) is 18.1 Å². The van der Waals surface area contributed by atoms with Crippen LogP contribution in [0.15, 0.2) is 0 Å². The summed E-state index contributed by atoms with van der Waals surface area (Å²) in [4.78, 5) is 60.0. The molecule has 216 valence electrons. The summed E-state index contributed by atoms with van der Waals surface area (Å²) in [6, 6.07) is -0.963. The molecule has 12 heteroatoms. The van der Waals surface area contributed by atoms with Crippen molar-refractivity contribution < 1.29 is 24.0 Å². The van der Waals surface area contributed by atoms with Gasteiger partial charge in [-0.15, -0.1) is 0 Å². The third-order valence-corrected chi connectivity index (χ3v) is 8.96. The highest BCUT2D eigenvalue weighted by Crippen LogP contribution is 2.33. The maximum absolute atomic E-state index is 12.7. The van der Waals surface area contributed by atoms with E-state index in [1.165, 1.54) is 0 Å². The number of fused-ring (bicyclic) bond motifs is 1. The molecule has 5 amide bonds. The summed E-state index contributed by atoms with van der Waals surface area (Å²) >= 11 is 5.22. The predicted molar refractivity (Wildman–Crippen MR) is 153 cm³/mol. The molecule has 10 nitrogen and oxygen atoms in total. The number of halogens is 1. The highest BCUT2D eigenvalue weighted by atomic mass is 79.9. The molecule has 0 aliphatic carbocycles. The number of hydrogen-bond acceptors (Lipinski definition) is 6. The average Bonchev–Trinajstić information content (AvgIpc) is 3.43. The van der Waals surface area contributed by atoms with Gasteiger partial charge in [0, 0.05) is 35.7 Å². The number of aldehydes is 1. The molecule has 0 radical (unpaired) electrons. The largest absolute Gasteiger partial charge is 0.356 e. The van der Waals surface area contributed by atoms with Gasteiger partial charge in [0.1, 0.15) is 12.3 Å². The minimum Gasteiger partial charge on any atom is -0.356 e. The number of unbranched alkanes of at least 4 members (excludes halogenated alkanes) is 3. The molecule has 0 saturated carbocycles. The number of urea groups is 1. The van der Waals surface area contributed by atoms with E-state index in [1.807, 2.05) is 25.6 Å². The van der Waals surface area contributed by atoms with Crippen LogP contribution in [0, 0.1) is 5.92 Å². The first-order valence-electron chi connectivity index (χ1n) is 13.8. The summed E-state index contributed by atoms with van der Waals surface area (Å²) < 4.78 is 0. The van der Waals surface area contributed by atoms with Crippen LogP contribution >= 0.6 is 27.7 Å². The van der Waals surface area contributed by atoms with E-state index in [0.717, 1.165) is 49.5 Å². The Kier molecular flexibility index (Phi) is 15.1. The maximum atomic E-state index is 12.7. The zero-order valence-corrected chi connectivity index (χ0v) is 25.0. The van der Waals surface area contributed by atoms with Gasteiger partial charge in [-0.3, -0.25) is 14.4 Å². The molecule has 2 aliphatic rings. The predicted octanol–water partition coefficient (Wildman–Crippen LogP) is 2.39. The molecular formula is C26H44BrN5O5S. The van der Waals surface area contributed by atoms with Crippen LogP contribution in [-0.2, 0) is 19.2 Å². The summed E-state index contributed by atoms with van der Waals surface area (Å²) in [5, 5.41) is 15.6. The van der Waals surface area contributed by atoms with E-state index in [4.69, 9.17) is 0 Å². The third-order valence-electron chi connectivity index (χ3n) is 6.89. The minimum atomic E-state index is -0.685. The number of carbonyl (C=O) groups excluding carboxylic acids is 5. The Hall–Kier alpha value is -1.82. The van der Waals surface area contributed by atoms with Gasteiger partial charge in [0.25, 0.3) is 0 Å². The lowest BCUT2D eigenvalue weighted by molar-refractivity contribution is -0.131. The molecule has 0 spiro atoms. The first-order chi connectivity index (χ1) is 18.2. The Labute approximate surface area is 238 Å². The van der Waals surface area contributed by atoms with Crippen LogP contribution in [0.4, 0.5) is 4.79 Å². The quantitative estimate of drug-likeness (QED) is 0.0651. The van der Waals surface area contributed by atoms with Gasteiger partial charge in [-0.1, -0.05) is 36.2 Å². The lowest BCUT2D eigenvalue weighted by atomic mass is 10.0. The number of alkyl halides is 1. The number of hydrogen-bond donors (Lipinski definition) is 5. The van der Waals surface area contributed by atoms with Crippen molar-refractivity contribution in [3.8, 4) is 0 Å². The van der Waals surface area contributed by atoms with Crippen molar-refractivity contribution in [1.82, 2.24) is 26.6 Å². The molecule has 2 saturated heterocycles. The normalized spacial score (nSPS) is 21.7. The van der Waals surface area contributed by atoms with Crippen LogP contribution in [0.5, 0.6) is 0 Å². The Morgan fingerprint density at radius 1 is 1.03 bits per heavy atom. The number of amides is 5. The Balaban J connectivity index is 1.56.